The Kier molecular flexibility index (Phi) is 3.97. The molecule has 5 rings (SSSR count). The third-order valence-corrected chi connectivity index (χ3v) is 5.94. The van der Waals surface area contributed by atoms with Crippen LogP contribution < -0.4 is 4.90 Å². The van der Waals surface area contributed by atoms with Gasteiger partial charge < -0.3 is 0 Å². The molecule has 148 valence electrons. The Morgan fingerprint density at radius 1 is 0.897 bits per heavy atom. The molecule has 0 aromatic heterocycles. The minimum Gasteiger partial charge on any atom is -0.274 e. The number of hydrogen-bond donors (Lipinski definition) is 0. The van der Waals surface area contributed by atoms with Gasteiger partial charge in [0.25, 0.3) is 11.6 Å². The van der Waals surface area contributed by atoms with E-state index in [0.717, 1.165) is 23.4 Å². The smallest absolute Gasteiger partial charge is 0.269 e. The van der Waals surface area contributed by atoms with Crippen molar-refractivity contribution in [1.82, 2.24) is 10.0 Å². The molecule has 3 aliphatic rings. The number of nitrogens with zero attached hydrogens (tertiary/aromatic N) is 4. The summed E-state index contributed by atoms with van der Waals surface area (Å²) >= 11 is 0. The largest absolute Gasteiger partial charge is 0.274 e. The number of imide groups is 1. The SMILES string of the molecule is O=C1[C@@H]2[C@@H](C(=O)N1c1ccc([N+](=O)[O-])cc1)N1CCCN1[C@H]2c1ccc(F)cc1. The van der Waals surface area contributed by atoms with Crippen molar-refractivity contribution in [3.05, 3.63) is 70.0 Å². The van der Waals surface area contributed by atoms with Gasteiger partial charge in [0.2, 0.25) is 5.91 Å². The van der Waals surface area contributed by atoms with E-state index >= 15 is 0 Å². The highest BCUT2D eigenvalue weighted by atomic mass is 19.1. The molecule has 0 radical (unpaired) electrons. The molecule has 0 saturated carbocycles. The average Bonchev–Trinajstić information content (AvgIpc) is 3.35. The van der Waals surface area contributed by atoms with E-state index in [2.05, 4.69) is 0 Å². The molecule has 8 nitrogen and oxygen atoms in total. The van der Waals surface area contributed by atoms with Crippen LogP contribution in [0.25, 0.3) is 0 Å². The van der Waals surface area contributed by atoms with Crippen molar-refractivity contribution < 1.29 is 18.9 Å². The number of hydrazine groups is 1. The van der Waals surface area contributed by atoms with Gasteiger partial charge in [0.15, 0.2) is 0 Å². The average molecular weight is 396 g/mol. The van der Waals surface area contributed by atoms with Crippen LogP contribution in [0.15, 0.2) is 48.5 Å². The van der Waals surface area contributed by atoms with Crippen molar-refractivity contribution >= 4 is 23.2 Å². The number of carbonyl (C=O) groups is 2. The van der Waals surface area contributed by atoms with Gasteiger partial charge >= 0.3 is 0 Å². The fraction of sp³-hybridized carbons (Fsp3) is 0.300. The van der Waals surface area contributed by atoms with E-state index in [1.54, 1.807) is 12.1 Å². The first kappa shape index (κ1) is 17.9. The van der Waals surface area contributed by atoms with E-state index in [-0.39, 0.29) is 29.4 Å². The zero-order chi connectivity index (χ0) is 20.3. The number of halogens is 1. The second-order valence-corrected chi connectivity index (χ2v) is 7.43. The zero-order valence-corrected chi connectivity index (χ0v) is 15.3. The van der Waals surface area contributed by atoms with Gasteiger partial charge in [-0.15, -0.1) is 0 Å². The summed E-state index contributed by atoms with van der Waals surface area (Å²) < 4.78 is 13.4. The van der Waals surface area contributed by atoms with Gasteiger partial charge in [-0.25, -0.2) is 19.3 Å². The van der Waals surface area contributed by atoms with Crippen molar-refractivity contribution in [2.75, 3.05) is 18.0 Å². The Morgan fingerprint density at radius 2 is 1.52 bits per heavy atom. The number of anilines is 1. The van der Waals surface area contributed by atoms with Gasteiger partial charge in [-0.2, -0.15) is 0 Å². The molecule has 3 aliphatic heterocycles. The number of nitro benzene ring substituents is 1. The lowest BCUT2D eigenvalue weighted by Crippen LogP contribution is -2.44. The number of benzene rings is 2. The van der Waals surface area contributed by atoms with Crippen LogP contribution in [-0.4, -0.2) is 45.9 Å². The predicted molar refractivity (Wildman–Crippen MR) is 100 cm³/mol. The van der Waals surface area contributed by atoms with Crippen LogP contribution in [0, 0.1) is 21.8 Å². The summed E-state index contributed by atoms with van der Waals surface area (Å²) in [7, 11) is 0. The monoisotopic (exact) mass is 396 g/mol. The maximum Gasteiger partial charge on any atom is 0.269 e. The van der Waals surface area contributed by atoms with Gasteiger partial charge in [0, 0.05) is 25.2 Å². The van der Waals surface area contributed by atoms with Crippen LogP contribution in [0.4, 0.5) is 15.8 Å². The Bertz CT molecular complexity index is 1010. The normalized spacial score (nSPS) is 26.8. The molecule has 3 atom stereocenters. The quantitative estimate of drug-likeness (QED) is 0.449. The number of amides is 2. The third-order valence-electron chi connectivity index (χ3n) is 5.94. The molecular weight excluding hydrogens is 379 g/mol. The van der Waals surface area contributed by atoms with Gasteiger partial charge in [-0.3, -0.25) is 19.7 Å². The molecule has 2 amide bonds. The molecule has 9 heteroatoms. The van der Waals surface area contributed by atoms with E-state index in [1.807, 2.05) is 10.0 Å². The molecule has 0 aliphatic carbocycles. The van der Waals surface area contributed by atoms with Gasteiger partial charge in [0.05, 0.1) is 22.6 Å². The molecule has 0 spiro atoms. The van der Waals surface area contributed by atoms with E-state index in [9.17, 15) is 24.1 Å². The minimum absolute atomic E-state index is 0.108. The molecule has 3 fully saturated rings. The summed E-state index contributed by atoms with van der Waals surface area (Å²) in [5.74, 6) is -1.63. The maximum atomic E-state index is 13.4. The zero-order valence-electron chi connectivity index (χ0n) is 15.3. The number of rotatable bonds is 3. The summed E-state index contributed by atoms with van der Waals surface area (Å²) in [4.78, 5) is 38.1. The van der Waals surface area contributed by atoms with Crippen molar-refractivity contribution in [3.63, 3.8) is 0 Å². The predicted octanol–water partition coefficient (Wildman–Crippen LogP) is 2.27. The number of fused-ring (bicyclic) bond motifs is 3. The van der Waals surface area contributed by atoms with Crippen molar-refractivity contribution in [3.8, 4) is 0 Å². The van der Waals surface area contributed by atoms with Gasteiger partial charge in [-0.1, -0.05) is 12.1 Å². The molecule has 2 aromatic carbocycles. The highest BCUT2D eigenvalue weighted by Crippen LogP contribution is 2.48. The Labute approximate surface area is 165 Å². The van der Waals surface area contributed by atoms with Gasteiger partial charge in [-0.05, 0) is 36.2 Å². The summed E-state index contributed by atoms with van der Waals surface area (Å²) in [6.45, 7) is 1.40. The first-order valence-electron chi connectivity index (χ1n) is 9.38. The lowest BCUT2D eigenvalue weighted by molar-refractivity contribution is -0.384. The van der Waals surface area contributed by atoms with Crippen molar-refractivity contribution in [2.24, 2.45) is 5.92 Å². The van der Waals surface area contributed by atoms with Crippen LogP contribution in [-0.2, 0) is 9.59 Å². The molecule has 0 unspecified atom stereocenters. The standard InChI is InChI=1S/C20H17FN4O4/c21-13-4-2-12(3-5-13)17-16-18(23-11-1-10-22(17)23)20(27)24(19(16)26)14-6-8-15(9-7-14)25(28)29/h2-9,16-18H,1,10-11H2/t16-,17-,18-/m0/s1. The van der Waals surface area contributed by atoms with Crippen LogP contribution in [0.3, 0.4) is 0 Å². The number of carbonyl (C=O) groups excluding carboxylic acids is 2. The second-order valence-electron chi connectivity index (χ2n) is 7.43. The van der Waals surface area contributed by atoms with E-state index in [4.69, 9.17) is 0 Å². The summed E-state index contributed by atoms with van der Waals surface area (Å²) in [5, 5.41) is 14.9. The van der Waals surface area contributed by atoms with Crippen LogP contribution in [0.5, 0.6) is 0 Å². The first-order valence-corrected chi connectivity index (χ1v) is 9.38. The van der Waals surface area contributed by atoms with Crippen LogP contribution in [0.1, 0.15) is 18.0 Å². The second kappa shape index (κ2) is 6.43. The summed E-state index contributed by atoms with van der Waals surface area (Å²) in [6.07, 6.45) is 0.875. The molecule has 3 heterocycles. The lowest BCUT2D eigenvalue weighted by Gasteiger charge is -2.29. The highest BCUT2D eigenvalue weighted by Gasteiger charge is 2.62. The van der Waals surface area contributed by atoms with Crippen molar-refractivity contribution in [2.45, 2.75) is 18.5 Å². The first-order chi connectivity index (χ1) is 14.0. The fourth-order valence-electron chi connectivity index (χ4n) is 4.75. The topological polar surface area (TPSA) is 87.0 Å². The highest BCUT2D eigenvalue weighted by molar-refractivity contribution is 6.24. The number of hydrogen-bond acceptors (Lipinski definition) is 6. The molecular formula is C20H17FN4O4. The minimum atomic E-state index is -0.616. The number of non-ortho nitro benzene ring substituents is 1. The maximum absolute atomic E-state index is 13.4. The van der Waals surface area contributed by atoms with E-state index in [1.165, 1.54) is 36.4 Å². The molecule has 2 aromatic rings. The van der Waals surface area contributed by atoms with Gasteiger partial charge in [0.1, 0.15) is 11.9 Å². The van der Waals surface area contributed by atoms with E-state index < -0.39 is 16.9 Å². The van der Waals surface area contributed by atoms with Crippen LogP contribution in [0.2, 0.25) is 0 Å². The fourth-order valence-corrected chi connectivity index (χ4v) is 4.75. The Balaban J connectivity index is 1.54. The molecule has 0 bridgehead atoms. The summed E-state index contributed by atoms with van der Waals surface area (Å²) in [6, 6.07) is 10.5. The molecule has 3 saturated heterocycles. The number of nitro groups is 1. The lowest BCUT2D eigenvalue weighted by atomic mass is 9.90. The van der Waals surface area contributed by atoms with Crippen molar-refractivity contribution in [1.29, 1.82) is 0 Å². The summed E-state index contributed by atoms with van der Waals surface area (Å²) in [5.41, 5.74) is 1.00. The Hall–Kier alpha value is -3.17. The Morgan fingerprint density at radius 3 is 2.14 bits per heavy atom. The van der Waals surface area contributed by atoms with Crippen LogP contribution >= 0.6 is 0 Å². The van der Waals surface area contributed by atoms with E-state index in [0.29, 0.717) is 12.2 Å². The third kappa shape index (κ3) is 2.58. The molecule has 0 N–H and O–H groups in total. The molecule has 29 heavy (non-hydrogen) atoms.